The van der Waals surface area contributed by atoms with Gasteiger partial charge in [0.25, 0.3) is 0 Å². The van der Waals surface area contributed by atoms with E-state index in [1.54, 1.807) is 18.4 Å². The molecule has 0 atom stereocenters. The maximum Gasteiger partial charge on any atom is 0.221 e. The molecule has 1 aromatic carbocycles. The SMILES string of the molecule is COc1cccc2scc(CC(N)=O)c12. The van der Waals surface area contributed by atoms with Crippen LogP contribution in [0.1, 0.15) is 5.56 Å². The van der Waals surface area contributed by atoms with Crippen LogP contribution in [0.4, 0.5) is 0 Å². The third-order valence-electron chi connectivity index (χ3n) is 2.22. The number of carbonyl (C=O) groups excluding carboxylic acids is 1. The maximum absolute atomic E-state index is 10.9. The van der Waals surface area contributed by atoms with Gasteiger partial charge in [0.05, 0.1) is 13.5 Å². The van der Waals surface area contributed by atoms with E-state index in [9.17, 15) is 4.79 Å². The first-order chi connectivity index (χ1) is 7.22. The predicted octanol–water partition coefficient (Wildman–Crippen LogP) is 1.94. The van der Waals surface area contributed by atoms with Gasteiger partial charge in [0.2, 0.25) is 5.91 Å². The van der Waals surface area contributed by atoms with E-state index in [-0.39, 0.29) is 12.3 Å². The Morgan fingerprint density at radius 2 is 2.33 bits per heavy atom. The first kappa shape index (κ1) is 9.98. The Kier molecular flexibility index (Phi) is 2.60. The highest BCUT2D eigenvalue weighted by Crippen LogP contribution is 2.33. The Balaban J connectivity index is 2.60. The van der Waals surface area contributed by atoms with Crippen LogP contribution in [0.25, 0.3) is 10.1 Å². The fraction of sp³-hybridized carbons (Fsp3) is 0.182. The first-order valence-electron chi connectivity index (χ1n) is 4.53. The number of hydrogen-bond acceptors (Lipinski definition) is 3. The monoisotopic (exact) mass is 221 g/mol. The Labute approximate surface area is 91.5 Å². The van der Waals surface area contributed by atoms with Crippen molar-refractivity contribution in [3.63, 3.8) is 0 Å². The summed E-state index contributed by atoms with van der Waals surface area (Å²) in [4.78, 5) is 10.9. The summed E-state index contributed by atoms with van der Waals surface area (Å²) in [6, 6.07) is 5.83. The third-order valence-corrected chi connectivity index (χ3v) is 3.22. The van der Waals surface area contributed by atoms with Gasteiger partial charge in [-0.25, -0.2) is 0 Å². The van der Waals surface area contributed by atoms with E-state index in [0.717, 1.165) is 21.4 Å². The van der Waals surface area contributed by atoms with Crippen LogP contribution in [0, 0.1) is 0 Å². The van der Waals surface area contributed by atoms with E-state index >= 15 is 0 Å². The van der Waals surface area contributed by atoms with Crippen LogP contribution < -0.4 is 10.5 Å². The molecule has 4 heteroatoms. The minimum Gasteiger partial charge on any atom is -0.496 e. The predicted molar refractivity (Wildman–Crippen MR) is 61.3 cm³/mol. The zero-order valence-corrected chi connectivity index (χ0v) is 9.14. The van der Waals surface area contributed by atoms with Crippen LogP contribution >= 0.6 is 11.3 Å². The van der Waals surface area contributed by atoms with Crippen molar-refractivity contribution >= 4 is 27.3 Å². The van der Waals surface area contributed by atoms with E-state index in [2.05, 4.69) is 0 Å². The summed E-state index contributed by atoms with van der Waals surface area (Å²) >= 11 is 1.60. The molecule has 1 amide bonds. The number of nitrogens with two attached hydrogens (primary N) is 1. The largest absolute Gasteiger partial charge is 0.496 e. The molecule has 0 radical (unpaired) electrons. The number of amides is 1. The number of thiophene rings is 1. The normalized spacial score (nSPS) is 10.5. The van der Waals surface area contributed by atoms with Gasteiger partial charge in [-0.15, -0.1) is 11.3 Å². The van der Waals surface area contributed by atoms with Crippen molar-refractivity contribution in [2.75, 3.05) is 7.11 Å². The van der Waals surface area contributed by atoms with Crippen LogP contribution in [-0.2, 0) is 11.2 Å². The lowest BCUT2D eigenvalue weighted by atomic mass is 10.1. The van der Waals surface area contributed by atoms with E-state index in [4.69, 9.17) is 10.5 Å². The third kappa shape index (κ3) is 1.80. The fourth-order valence-corrected chi connectivity index (χ4v) is 2.58. The van der Waals surface area contributed by atoms with Gasteiger partial charge < -0.3 is 10.5 Å². The summed E-state index contributed by atoms with van der Waals surface area (Å²) in [7, 11) is 1.63. The van der Waals surface area contributed by atoms with Gasteiger partial charge in [0.15, 0.2) is 0 Å². The van der Waals surface area contributed by atoms with E-state index in [1.807, 2.05) is 23.6 Å². The van der Waals surface area contributed by atoms with Gasteiger partial charge in [0, 0.05) is 10.1 Å². The highest BCUT2D eigenvalue weighted by molar-refractivity contribution is 7.17. The summed E-state index contributed by atoms with van der Waals surface area (Å²) in [5, 5.41) is 2.96. The van der Waals surface area contributed by atoms with Gasteiger partial charge in [0.1, 0.15) is 5.75 Å². The molecule has 2 N–H and O–H groups in total. The average molecular weight is 221 g/mol. The van der Waals surface area contributed by atoms with E-state index in [1.165, 1.54) is 0 Å². The zero-order chi connectivity index (χ0) is 10.8. The topological polar surface area (TPSA) is 52.3 Å². The molecule has 0 aliphatic rings. The second kappa shape index (κ2) is 3.90. The molecule has 3 nitrogen and oxygen atoms in total. The Morgan fingerprint density at radius 1 is 1.53 bits per heavy atom. The fourth-order valence-electron chi connectivity index (χ4n) is 1.61. The molecule has 0 spiro atoms. The van der Waals surface area contributed by atoms with Crippen LogP contribution in [0.15, 0.2) is 23.6 Å². The van der Waals surface area contributed by atoms with Crippen molar-refractivity contribution in [2.45, 2.75) is 6.42 Å². The van der Waals surface area contributed by atoms with Crippen molar-refractivity contribution in [3.05, 3.63) is 29.1 Å². The second-order valence-electron chi connectivity index (χ2n) is 3.24. The lowest BCUT2D eigenvalue weighted by Crippen LogP contribution is -2.13. The molecule has 78 valence electrons. The van der Waals surface area contributed by atoms with Crippen LogP contribution in [-0.4, -0.2) is 13.0 Å². The van der Waals surface area contributed by atoms with Crippen molar-refractivity contribution in [3.8, 4) is 5.75 Å². The molecule has 0 saturated carbocycles. The zero-order valence-electron chi connectivity index (χ0n) is 8.32. The molecule has 1 aromatic heterocycles. The Hall–Kier alpha value is -1.55. The van der Waals surface area contributed by atoms with Crippen LogP contribution in [0.5, 0.6) is 5.75 Å². The molecule has 0 unspecified atom stereocenters. The van der Waals surface area contributed by atoms with Crippen molar-refractivity contribution in [1.82, 2.24) is 0 Å². The molecular weight excluding hydrogens is 210 g/mol. The molecule has 15 heavy (non-hydrogen) atoms. The first-order valence-corrected chi connectivity index (χ1v) is 5.41. The van der Waals surface area contributed by atoms with E-state index in [0.29, 0.717) is 0 Å². The van der Waals surface area contributed by atoms with Gasteiger partial charge in [-0.1, -0.05) is 6.07 Å². The quantitative estimate of drug-likeness (QED) is 0.861. The summed E-state index contributed by atoms with van der Waals surface area (Å²) in [6.45, 7) is 0. The number of benzene rings is 1. The number of hydrogen-bond donors (Lipinski definition) is 1. The summed E-state index contributed by atoms with van der Waals surface area (Å²) in [6.07, 6.45) is 0.264. The Bertz CT molecular complexity index is 504. The number of ether oxygens (including phenoxy) is 1. The molecular formula is C11H11NO2S. The maximum atomic E-state index is 10.9. The molecule has 0 aliphatic carbocycles. The summed E-state index contributed by atoms with van der Waals surface area (Å²) < 4.78 is 6.38. The van der Waals surface area contributed by atoms with Gasteiger partial charge in [-0.3, -0.25) is 4.79 Å². The number of carbonyl (C=O) groups is 1. The van der Waals surface area contributed by atoms with Crippen LogP contribution in [0.2, 0.25) is 0 Å². The molecule has 0 fully saturated rings. The average Bonchev–Trinajstić information content (AvgIpc) is 2.61. The molecule has 0 saturated heterocycles. The minimum atomic E-state index is -0.319. The molecule has 0 bridgehead atoms. The number of fused-ring (bicyclic) bond motifs is 1. The highest BCUT2D eigenvalue weighted by atomic mass is 32.1. The van der Waals surface area contributed by atoms with E-state index < -0.39 is 0 Å². The molecule has 2 aromatic rings. The Morgan fingerprint density at radius 3 is 3.00 bits per heavy atom. The van der Waals surface area contributed by atoms with Crippen LogP contribution in [0.3, 0.4) is 0 Å². The lowest BCUT2D eigenvalue weighted by Gasteiger charge is -2.03. The standard InChI is InChI=1S/C11H11NO2S/c1-14-8-3-2-4-9-11(8)7(6-15-9)5-10(12)13/h2-4,6H,5H2,1H3,(H2,12,13). The number of rotatable bonds is 3. The summed E-state index contributed by atoms with van der Waals surface area (Å²) in [5.41, 5.74) is 6.14. The smallest absolute Gasteiger partial charge is 0.221 e. The lowest BCUT2D eigenvalue weighted by molar-refractivity contribution is -0.117. The highest BCUT2D eigenvalue weighted by Gasteiger charge is 2.10. The number of methoxy groups -OCH3 is 1. The van der Waals surface area contributed by atoms with Gasteiger partial charge in [-0.2, -0.15) is 0 Å². The van der Waals surface area contributed by atoms with Gasteiger partial charge >= 0.3 is 0 Å². The second-order valence-corrected chi connectivity index (χ2v) is 4.15. The van der Waals surface area contributed by atoms with Crippen molar-refractivity contribution < 1.29 is 9.53 Å². The summed E-state index contributed by atoms with van der Waals surface area (Å²) in [5.74, 6) is 0.477. The molecule has 2 rings (SSSR count). The van der Waals surface area contributed by atoms with Crippen molar-refractivity contribution in [2.24, 2.45) is 5.73 Å². The molecule has 1 heterocycles. The van der Waals surface area contributed by atoms with Crippen molar-refractivity contribution in [1.29, 1.82) is 0 Å². The van der Waals surface area contributed by atoms with Gasteiger partial charge in [-0.05, 0) is 23.1 Å². The minimum absolute atomic E-state index is 0.264. The number of primary amides is 1. The molecule has 0 aliphatic heterocycles.